The topological polar surface area (TPSA) is 50.8 Å². The molecule has 1 amide bonds. The summed E-state index contributed by atoms with van der Waals surface area (Å²) in [6.45, 7) is 5.32. The third kappa shape index (κ3) is 7.50. The number of rotatable bonds is 7. The summed E-state index contributed by atoms with van der Waals surface area (Å²) in [6, 6.07) is 7.59. The van der Waals surface area contributed by atoms with Gasteiger partial charge in [0.1, 0.15) is 5.75 Å². The molecule has 23 heavy (non-hydrogen) atoms. The van der Waals surface area contributed by atoms with Gasteiger partial charge in [0.05, 0.1) is 20.3 Å². The van der Waals surface area contributed by atoms with E-state index in [1.54, 1.807) is 19.3 Å². The molecule has 128 valence electrons. The van der Waals surface area contributed by atoms with Gasteiger partial charge in [-0.05, 0) is 36.7 Å². The number of hydrogen-bond acceptors (Lipinski definition) is 4. The Hall–Kier alpha value is -1.56. The Labute approximate surface area is 144 Å². The first kappa shape index (κ1) is 19.5. The number of nitrogens with zero attached hydrogens (tertiary/aromatic N) is 1. The Bertz CT molecular complexity index is 485. The molecular weight excluding hydrogens is 316 g/mol. The molecule has 0 unspecified atom stereocenters. The molecule has 1 fully saturated rings. The predicted octanol–water partition coefficient (Wildman–Crippen LogP) is 1.97. The van der Waals surface area contributed by atoms with Crippen molar-refractivity contribution in [3.63, 3.8) is 0 Å². The van der Waals surface area contributed by atoms with Gasteiger partial charge in [0.25, 0.3) is 0 Å². The number of nitrogens with one attached hydrogen (secondary N) is 1. The first-order valence-corrected chi connectivity index (χ1v) is 7.68. The molecule has 1 heterocycles. The molecule has 0 bridgehead atoms. The Kier molecular flexibility index (Phi) is 9.36. The summed E-state index contributed by atoms with van der Waals surface area (Å²) >= 11 is 0. The van der Waals surface area contributed by atoms with E-state index in [-0.39, 0.29) is 18.3 Å². The summed E-state index contributed by atoms with van der Waals surface area (Å²) in [6.07, 6.45) is 4.33. The van der Waals surface area contributed by atoms with Gasteiger partial charge in [-0.2, -0.15) is 0 Å². The standard InChI is InChI=1S/C17H24N2O3.ClH/c1-21-16-6-3-15(4-7-16)5-8-17(20)18-9-2-10-19-11-13-22-14-12-19;/h3-8H,2,9-14H2,1H3,(H,18,20);1H/b8-5+;. The highest BCUT2D eigenvalue weighted by Gasteiger charge is 2.09. The molecule has 0 radical (unpaired) electrons. The van der Waals surface area contributed by atoms with Crippen molar-refractivity contribution in [1.82, 2.24) is 10.2 Å². The van der Waals surface area contributed by atoms with Gasteiger partial charge < -0.3 is 14.8 Å². The Morgan fingerprint density at radius 2 is 2.00 bits per heavy atom. The minimum absolute atomic E-state index is 0. The van der Waals surface area contributed by atoms with Gasteiger partial charge in [-0.3, -0.25) is 9.69 Å². The third-order valence-electron chi connectivity index (χ3n) is 3.60. The molecule has 0 atom stereocenters. The number of benzene rings is 1. The lowest BCUT2D eigenvalue weighted by Crippen LogP contribution is -2.38. The van der Waals surface area contributed by atoms with E-state index in [1.165, 1.54) is 0 Å². The normalized spacial score (nSPS) is 15.2. The van der Waals surface area contributed by atoms with Crippen molar-refractivity contribution in [2.45, 2.75) is 6.42 Å². The molecule has 2 rings (SSSR count). The van der Waals surface area contributed by atoms with E-state index in [4.69, 9.17) is 9.47 Å². The first-order chi connectivity index (χ1) is 10.8. The Morgan fingerprint density at radius 3 is 2.65 bits per heavy atom. The number of amides is 1. The quantitative estimate of drug-likeness (QED) is 0.609. The van der Waals surface area contributed by atoms with E-state index in [2.05, 4.69) is 10.2 Å². The number of methoxy groups -OCH3 is 1. The lowest BCUT2D eigenvalue weighted by Gasteiger charge is -2.26. The SMILES string of the molecule is COc1ccc(/C=C/C(=O)NCCCN2CCOCC2)cc1.Cl. The zero-order valence-electron chi connectivity index (χ0n) is 13.5. The van der Waals surface area contributed by atoms with Crippen LogP contribution in [0.2, 0.25) is 0 Å². The van der Waals surface area contributed by atoms with Gasteiger partial charge in [0, 0.05) is 25.7 Å². The third-order valence-corrected chi connectivity index (χ3v) is 3.60. The molecule has 1 aliphatic rings. The molecule has 1 saturated heterocycles. The lowest BCUT2D eigenvalue weighted by molar-refractivity contribution is -0.116. The maximum Gasteiger partial charge on any atom is 0.243 e. The van der Waals surface area contributed by atoms with Crippen LogP contribution in [0.25, 0.3) is 6.08 Å². The van der Waals surface area contributed by atoms with Crippen LogP contribution in [-0.2, 0) is 9.53 Å². The van der Waals surface area contributed by atoms with Crippen LogP contribution in [0.1, 0.15) is 12.0 Å². The molecule has 0 spiro atoms. The monoisotopic (exact) mass is 340 g/mol. The van der Waals surface area contributed by atoms with Crippen molar-refractivity contribution in [3.05, 3.63) is 35.9 Å². The molecule has 1 aromatic carbocycles. The molecule has 0 aliphatic carbocycles. The summed E-state index contributed by atoms with van der Waals surface area (Å²) in [7, 11) is 1.63. The van der Waals surface area contributed by atoms with Crippen molar-refractivity contribution in [1.29, 1.82) is 0 Å². The molecular formula is C17H25ClN2O3. The summed E-state index contributed by atoms with van der Waals surface area (Å²) in [4.78, 5) is 14.1. The fourth-order valence-corrected chi connectivity index (χ4v) is 2.28. The van der Waals surface area contributed by atoms with Gasteiger partial charge in [0.15, 0.2) is 0 Å². The van der Waals surface area contributed by atoms with Crippen LogP contribution >= 0.6 is 12.4 Å². The van der Waals surface area contributed by atoms with Gasteiger partial charge in [-0.15, -0.1) is 12.4 Å². The average Bonchev–Trinajstić information content (AvgIpc) is 2.58. The van der Waals surface area contributed by atoms with E-state index < -0.39 is 0 Å². The van der Waals surface area contributed by atoms with Crippen molar-refractivity contribution >= 4 is 24.4 Å². The molecule has 0 saturated carbocycles. The second-order valence-electron chi connectivity index (χ2n) is 5.21. The number of hydrogen-bond donors (Lipinski definition) is 1. The maximum absolute atomic E-state index is 11.7. The van der Waals surface area contributed by atoms with Crippen molar-refractivity contribution in [2.24, 2.45) is 0 Å². The van der Waals surface area contributed by atoms with Crippen LogP contribution in [0.4, 0.5) is 0 Å². The second-order valence-corrected chi connectivity index (χ2v) is 5.21. The highest BCUT2D eigenvalue weighted by Crippen LogP contribution is 2.12. The predicted molar refractivity (Wildman–Crippen MR) is 94.2 cm³/mol. The fourth-order valence-electron chi connectivity index (χ4n) is 2.28. The zero-order chi connectivity index (χ0) is 15.6. The van der Waals surface area contributed by atoms with Gasteiger partial charge >= 0.3 is 0 Å². The highest BCUT2D eigenvalue weighted by atomic mass is 35.5. The van der Waals surface area contributed by atoms with Gasteiger partial charge in [-0.1, -0.05) is 12.1 Å². The van der Waals surface area contributed by atoms with Crippen LogP contribution < -0.4 is 10.1 Å². The van der Waals surface area contributed by atoms with Crippen molar-refractivity contribution in [2.75, 3.05) is 46.5 Å². The van der Waals surface area contributed by atoms with Crippen LogP contribution in [0, 0.1) is 0 Å². The van der Waals surface area contributed by atoms with E-state index in [9.17, 15) is 4.79 Å². The number of carbonyl (C=O) groups excluding carboxylic acids is 1. The van der Waals surface area contributed by atoms with Crippen LogP contribution in [0.15, 0.2) is 30.3 Å². The van der Waals surface area contributed by atoms with Gasteiger partial charge in [-0.25, -0.2) is 0 Å². The largest absolute Gasteiger partial charge is 0.497 e. The Morgan fingerprint density at radius 1 is 1.30 bits per heavy atom. The number of ether oxygens (including phenoxy) is 2. The second kappa shape index (κ2) is 11.0. The van der Waals surface area contributed by atoms with Crippen LogP contribution in [0.5, 0.6) is 5.75 Å². The number of halogens is 1. The molecule has 1 aromatic rings. The van der Waals surface area contributed by atoms with Crippen molar-refractivity contribution in [3.8, 4) is 5.75 Å². The van der Waals surface area contributed by atoms with E-state index in [0.717, 1.165) is 50.6 Å². The zero-order valence-corrected chi connectivity index (χ0v) is 14.3. The summed E-state index contributed by atoms with van der Waals surface area (Å²) < 4.78 is 10.4. The lowest BCUT2D eigenvalue weighted by atomic mass is 10.2. The van der Waals surface area contributed by atoms with Crippen LogP contribution in [0.3, 0.4) is 0 Å². The molecule has 0 aromatic heterocycles. The Balaban J connectivity index is 0.00000264. The first-order valence-electron chi connectivity index (χ1n) is 7.68. The average molecular weight is 341 g/mol. The number of carbonyl (C=O) groups is 1. The van der Waals surface area contributed by atoms with Crippen molar-refractivity contribution < 1.29 is 14.3 Å². The molecule has 5 nitrogen and oxygen atoms in total. The number of morpholine rings is 1. The highest BCUT2D eigenvalue weighted by molar-refractivity contribution is 5.91. The summed E-state index contributed by atoms with van der Waals surface area (Å²) in [5.41, 5.74) is 0.976. The van der Waals surface area contributed by atoms with Gasteiger partial charge in [0.2, 0.25) is 5.91 Å². The van der Waals surface area contributed by atoms with E-state index in [0.29, 0.717) is 6.54 Å². The van der Waals surface area contributed by atoms with E-state index in [1.807, 2.05) is 24.3 Å². The summed E-state index contributed by atoms with van der Waals surface area (Å²) in [5.74, 6) is 0.752. The summed E-state index contributed by atoms with van der Waals surface area (Å²) in [5, 5.41) is 2.91. The smallest absolute Gasteiger partial charge is 0.243 e. The minimum Gasteiger partial charge on any atom is -0.497 e. The fraction of sp³-hybridized carbons (Fsp3) is 0.471. The van der Waals surface area contributed by atoms with E-state index >= 15 is 0 Å². The molecule has 1 aliphatic heterocycles. The maximum atomic E-state index is 11.7. The van der Waals surface area contributed by atoms with Crippen LogP contribution in [-0.4, -0.2) is 57.3 Å². The molecule has 6 heteroatoms. The minimum atomic E-state index is -0.0576. The molecule has 1 N–H and O–H groups in total.